The highest BCUT2D eigenvalue weighted by Crippen LogP contribution is 2.20. The highest BCUT2D eigenvalue weighted by atomic mass is 15.2. The Morgan fingerprint density at radius 1 is 0.913 bits per heavy atom. The minimum Gasteiger partial charge on any atom is -0.309 e. The van der Waals surface area contributed by atoms with Gasteiger partial charge in [0.25, 0.3) is 0 Å². The second kappa shape index (κ2) is 7.76. The van der Waals surface area contributed by atoms with Gasteiger partial charge in [-0.05, 0) is 49.9 Å². The highest BCUT2D eigenvalue weighted by molar-refractivity contribution is 5.63. The topological polar surface area (TPSA) is 15.3 Å². The third-order valence-electron chi connectivity index (χ3n) is 4.61. The van der Waals surface area contributed by atoms with Crippen molar-refractivity contribution in [1.82, 2.24) is 10.2 Å². The van der Waals surface area contributed by atoms with E-state index in [1.54, 1.807) is 0 Å². The zero-order valence-corrected chi connectivity index (χ0v) is 14.3. The molecule has 0 bridgehead atoms. The summed E-state index contributed by atoms with van der Waals surface area (Å²) in [6.07, 6.45) is 2.39. The molecule has 2 aromatic rings. The molecule has 2 heteroatoms. The molecule has 1 saturated heterocycles. The maximum absolute atomic E-state index is 3.60. The molecule has 1 heterocycles. The summed E-state index contributed by atoms with van der Waals surface area (Å²) in [5.74, 6) is 0. The molecule has 2 aromatic carbocycles. The number of nitrogens with one attached hydrogen (secondary N) is 1. The molecule has 1 fully saturated rings. The molecule has 122 valence electrons. The van der Waals surface area contributed by atoms with E-state index in [0.29, 0.717) is 12.1 Å². The van der Waals surface area contributed by atoms with E-state index in [1.165, 1.54) is 42.7 Å². The van der Waals surface area contributed by atoms with Gasteiger partial charge in [-0.3, -0.25) is 0 Å². The summed E-state index contributed by atoms with van der Waals surface area (Å²) >= 11 is 0. The summed E-state index contributed by atoms with van der Waals surface area (Å²) in [4.78, 5) is 2.60. The Kier molecular flexibility index (Phi) is 5.47. The zero-order valence-electron chi connectivity index (χ0n) is 14.3. The monoisotopic (exact) mass is 308 g/mol. The van der Waals surface area contributed by atoms with Crippen LogP contribution in [0.5, 0.6) is 0 Å². The first kappa shape index (κ1) is 16.2. The highest BCUT2D eigenvalue weighted by Gasteiger charge is 2.19. The summed E-state index contributed by atoms with van der Waals surface area (Å²) in [7, 11) is 0. The predicted molar refractivity (Wildman–Crippen MR) is 98.7 cm³/mol. The van der Waals surface area contributed by atoms with Gasteiger partial charge < -0.3 is 10.2 Å². The van der Waals surface area contributed by atoms with Crippen LogP contribution in [0.15, 0.2) is 54.6 Å². The molecule has 0 aromatic heterocycles. The van der Waals surface area contributed by atoms with Gasteiger partial charge in [-0.1, -0.05) is 54.6 Å². The maximum Gasteiger partial charge on any atom is 0.0169 e. The van der Waals surface area contributed by atoms with Crippen molar-refractivity contribution in [2.24, 2.45) is 0 Å². The van der Waals surface area contributed by atoms with Gasteiger partial charge >= 0.3 is 0 Å². The molecule has 2 nitrogen and oxygen atoms in total. The number of hydrogen-bond acceptors (Lipinski definition) is 2. The molecule has 0 radical (unpaired) electrons. The summed E-state index contributed by atoms with van der Waals surface area (Å²) < 4.78 is 0. The average molecular weight is 308 g/mol. The quantitative estimate of drug-likeness (QED) is 0.899. The summed E-state index contributed by atoms with van der Waals surface area (Å²) in [5.41, 5.74) is 4.08. The van der Waals surface area contributed by atoms with Gasteiger partial charge in [0, 0.05) is 25.2 Å². The molecule has 0 saturated carbocycles. The van der Waals surface area contributed by atoms with E-state index in [-0.39, 0.29) is 0 Å². The number of rotatable bonds is 5. The minimum atomic E-state index is 0.611. The first-order valence-corrected chi connectivity index (χ1v) is 8.83. The molecule has 0 amide bonds. The van der Waals surface area contributed by atoms with Gasteiger partial charge in [0.2, 0.25) is 0 Å². The van der Waals surface area contributed by atoms with Crippen molar-refractivity contribution < 1.29 is 0 Å². The molecule has 23 heavy (non-hydrogen) atoms. The lowest BCUT2D eigenvalue weighted by Gasteiger charge is -2.36. The van der Waals surface area contributed by atoms with Crippen LogP contribution >= 0.6 is 0 Å². The molecule has 0 unspecified atom stereocenters. The van der Waals surface area contributed by atoms with E-state index in [1.807, 2.05) is 0 Å². The third kappa shape index (κ3) is 4.66. The van der Waals surface area contributed by atoms with Gasteiger partial charge in [0.05, 0.1) is 0 Å². The fourth-order valence-corrected chi connectivity index (χ4v) is 3.67. The Hall–Kier alpha value is -1.64. The molecule has 1 aliphatic heterocycles. The summed E-state index contributed by atoms with van der Waals surface area (Å²) in [6, 6.07) is 20.9. The standard InChI is InChI=1S/C21H28N2/c1-17-15-23(16-18(2)22-17)13-7-9-19-8-6-12-21(14-19)20-10-4-3-5-11-20/h3-6,8,10-12,14,17-18,22H,7,9,13,15-16H2,1-2H3/t17-,18+. The van der Waals surface area contributed by atoms with Crippen molar-refractivity contribution in [3.63, 3.8) is 0 Å². The van der Waals surface area contributed by atoms with E-state index < -0.39 is 0 Å². The Morgan fingerprint density at radius 2 is 1.61 bits per heavy atom. The van der Waals surface area contributed by atoms with Crippen LogP contribution in [0.1, 0.15) is 25.8 Å². The van der Waals surface area contributed by atoms with E-state index in [0.717, 1.165) is 6.42 Å². The molecular weight excluding hydrogens is 280 g/mol. The van der Waals surface area contributed by atoms with Crippen LogP contribution in [-0.4, -0.2) is 36.6 Å². The minimum absolute atomic E-state index is 0.611. The van der Waals surface area contributed by atoms with Crippen molar-refractivity contribution >= 4 is 0 Å². The van der Waals surface area contributed by atoms with E-state index in [2.05, 4.69) is 78.7 Å². The van der Waals surface area contributed by atoms with Gasteiger partial charge in [-0.2, -0.15) is 0 Å². The van der Waals surface area contributed by atoms with Gasteiger partial charge in [0.15, 0.2) is 0 Å². The second-order valence-electron chi connectivity index (χ2n) is 6.90. The van der Waals surface area contributed by atoms with Crippen LogP contribution < -0.4 is 5.32 Å². The maximum atomic E-state index is 3.60. The number of benzene rings is 2. The first-order valence-electron chi connectivity index (χ1n) is 8.83. The molecule has 1 N–H and O–H groups in total. The Balaban J connectivity index is 1.55. The van der Waals surface area contributed by atoms with Gasteiger partial charge in [-0.25, -0.2) is 0 Å². The summed E-state index contributed by atoms with van der Waals surface area (Å²) in [5, 5.41) is 3.60. The fourth-order valence-electron chi connectivity index (χ4n) is 3.67. The van der Waals surface area contributed by atoms with Gasteiger partial charge in [-0.15, -0.1) is 0 Å². The van der Waals surface area contributed by atoms with Gasteiger partial charge in [0.1, 0.15) is 0 Å². The molecular formula is C21H28N2. The Bertz CT molecular complexity index is 598. The second-order valence-corrected chi connectivity index (χ2v) is 6.90. The van der Waals surface area contributed by atoms with E-state index in [9.17, 15) is 0 Å². The zero-order chi connectivity index (χ0) is 16.1. The van der Waals surface area contributed by atoms with Crippen LogP contribution in [0.25, 0.3) is 11.1 Å². The number of nitrogens with zero attached hydrogens (tertiary/aromatic N) is 1. The number of aryl methyl sites for hydroxylation is 1. The smallest absolute Gasteiger partial charge is 0.0169 e. The lowest BCUT2D eigenvalue weighted by molar-refractivity contribution is 0.172. The number of piperazine rings is 1. The normalized spacial score (nSPS) is 22.2. The van der Waals surface area contributed by atoms with Crippen LogP contribution in [0, 0.1) is 0 Å². The largest absolute Gasteiger partial charge is 0.309 e. The average Bonchev–Trinajstić information content (AvgIpc) is 2.55. The Labute approximate surface area is 140 Å². The SMILES string of the molecule is C[C@@H]1CN(CCCc2cccc(-c3ccccc3)c2)C[C@H](C)N1. The molecule has 0 aliphatic carbocycles. The summed E-state index contributed by atoms with van der Waals surface area (Å²) in [6.45, 7) is 8.12. The first-order chi connectivity index (χ1) is 11.2. The molecule has 2 atom stereocenters. The van der Waals surface area contributed by atoms with Crippen LogP contribution in [0.2, 0.25) is 0 Å². The molecule has 0 spiro atoms. The fraction of sp³-hybridized carbons (Fsp3) is 0.429. The van der Waals surface area contributed by atoms with Crippen LogP contribution in [0.3, 0.4) is 0 Å². The van der Waals surface area contributed by atoms with Crippen molar-refractivity contribution in [3.05, 3.63) is 60.2 Å². The van der Waals surface area contributed by atoms with Crippen molar-refractivity contribution in [2.75, 3.05) is 19.6 Å². The lowest BCUT2D eigenvalue weighted by atomic mass is 10.0. The predicted octanol–water partition coefficient (Wildman–Crippen LogP) is 3.97. The van der Waals surface area contributed by atoms with E-state index in [4.69, 9.17) is 0 Å². The van der Waals surface area contributed by atoms with Crippen molar-refractivity contribution in [1.29, 1.82) is 0 Å². The van der Waals surface area contributed by atoms with Crippen LogP contribution in [0.4, 0.5) is 0 Å². The van der Waals surface area contributed by atoms with Crippen molar-refractivity contribution in [2.45, 2.75) is 38.8 Å². The third-order valence-corrected chi connectivity index (χ3v) is 4.61. The molecule has 1 aliphatic rings. The molecule has 3 rings (SSSR count). The Morgan fingerprint density at radius 3 is 2.35 bits per heavy atom. The van der Waals surface area contributed by atoms with Crippen LogP contribution in [-0.2, 0) is 6.42 Å². The number of hydrogen-bond donors (Lipinski definition) is 1. The van der Waals surface area contributed by atoms with Crippen molar-refractivity contribution in [3.8, 4) is 11.1 Å². The lowest BCUT2D eigenvalue weighted by Crippen LogP contribution is -2.54. The van der Waals surface area contributed by atoms with E-state index >= 15 is 0 Å².